The van der Waals surface area contributed by atoms with Gasteiger partial charge in [-0.2, -0.15) is 0 Å². The van der Waals surface area contributed by atoms with Crippen molar-refractivity contribution in [2.75, 3.05) is 19.6 Å². The molecule has 0 amide bonds. The Bertz CT molecular complexity index is 995. The molecule has 0 radical (unpaired) electrons. The van der Waals surface area contributed by atoms with Crippen molar-refractivity contribution in [2.45, 2.75) is 83.0 Å². The van der Waals surface area contributed by atoms with E-state index in [1.165, 1.54) is 113 Å². The molecule has 2 heteroatoms. The summed E-state index contributed by atoms with van der Waals surface area (Å²) in [6.45, 7) is 3.80. The summed E-state index contributed by atoms with van der Waals surface area (Å²) in [7, 11) is 0. The van der Waals surface area contributed by atoms with Crippen molar-refractivity contribution in [3.8, 4) is 0 Å². The highest BCUT2D eigenvalue weighted by molar-refractivity contribution is 5.82. The van der Waals surface area contributed by atoms with Crippen LogP contribution in [0, 0.1) is 5.92 Å². The van der Waals surface area contributed by atoms with Gasteiger partial charge in [-0.05, 0) is 92.8 Å². The molecule has 1 fully saturated rings. The summed E-state index contributed by atoms with van der Waals surface area (Å²) in [5.74, 6) is 1.74. The Balaban J connectivity index is 1.17. The number of nitrogens with zero attached hydrogens (tertiary/aromatic N) is 1. The van der Waals surface area contributed by atoms with Gasteiger partial charge >= 0.3 is 0 Å². The smallest absolute Gasteiger partial charge is 0.0456 e. The van der Waals surface area contributed by atoms with Crippen LogP contribution in [0.15, 0.2) is 54.7 Å². The van der Waals surface area contributed by atoms with Crippen molar-refractivity contribution in [3.63, 3.8) is 0 Å². The molecule has 176 valence electrons. The second-order valence-corrected chi connectivity index (χ2v) is 10.7. The van der Waals surface area contributed by atoms with E-state index in [4.69, 9.17) is 0 Å². The zero-order chi connectivity index (χ0) is 22.3. The summed E-state index contributed by atoms with van der Waals surface area (Å²) in [6, 6.07) is 17.9. The fourth-order valence-corrected chi connectivity index (χ4v) is 6.47. The summed E-state index contributed by atoms with van der Waals surface area (Å²) in [6.07, 6.45) is 18.8. The van der Waals surface area contributed by atoms with Crippen LogP contribution >= 0.6 is 0 Å². The monoisotopic (exact) mass is 442 g/mol. The van der Waals surface area contributed by atoms with Crippen LogP contribution in [0.4, 0.5) is 0 Å². The van der Waals surface area contributed by atoms with Crippen molar-refractivity contribution < 1.29 is 0 Å². The fraction of sp³-hybridized carbons (Fsp3) is 0.548. The highest BCUT2D eigenvalue weighted by Gasteiger charge is 2.23. The van der Waals surface area contributed by atoms with Crippen LogP contribution in [0.5, 0.6) is 0 Å². The van der Waals surface area contributed by atoms with E-state index in [-0.39, 0.29) is 0 Å². The van der Waals surface area contributed by atoms with Crippen molar-refractivity contribution in [1.82, 2.24) is 9.88 Å². The van der Waals surface area contributed by atoms with E-state index >= 15 is 0 Å². The molecule has 1 heterocycles. The number of benzene rings is 2. The van der Waals surface area contributed by atoms with E-state index in [9.17, 15) is 0 Å². The fourth-order valence-electron chi connectivity index (χ4n) is 6.47. The number of hydrogen-bond acceptors (Lipinski definition) is 1. The van der Waals surface area contributed by atoms with Crippen LogP contribution in [0.25, 0.3) is 10.9 Å². The summed E-state index contributed by atoms with van der Waals surface area (Å²) in [5, 5.41) is 1.41. The van der Waals surface area contributed by atoms with E-state index in [1.54, 1.807) is 11.1 Å². The van der Waals surface area contributed by atoms with Crippen molar-refractivity contribution >= 4 is 10.9 Å². The van der Waals surface area contributed by atoms with Crippen molar-refractivity contribution in [2.24, 2.45) is 5.92 Å². The standard InChI is InChI=1S/C31H42N2/c1-2-4-11-25(10-3-1)19-22-33(23-20-27-18-17-26-12-5-6-14-29(26)27)21-9-13-28-24-32-31-16-8-7-15-30(28)31/h5-8,12,14-16,24-25,27,32H,1-4,9-11,13,17-23H2. The number of fused-ring (bicyclic) bond motifs is 2. The number of hydrogen-bond donors (Lipinski definition) is 1. The average Bonchev–Trinajstić information content (AvgIpc) is 3.36. The zero-order valence-electron chi connectivity index (χ0n) is 20.4. The van der Waals surface area contributed by atoms with Gasteiger partial charge in [0, 0.05) is 17.1 Å². The Labute approximate surface area is 200 Å². The quantitative estimate of drug-likeness (QED) is 0.316. The number of nitrogens with one attached hydrogen (secondary N) is 1. The largest absolute Gasteiger partial charge is 0.361 e. The second kappa shape index (κ2) is 11.4. The van der Waals surface area contributed by atoms with Crippen LogP contribution in [-0.2, 0) is 12.8 Å². The molecule has 0 saturated heterocycles. The number of aryl methyl sites for hydroxylation is 2. The molecule has 1 unspecified atom stereocenters. The molecular weight excluding hydrogens is 400 g/mol. The number of para-hydroxylation sites is 1. The van der Waals surface area contributed by atoms with Gasteiger partial charge in [-0.15, -0.1) is 0 Å². The third-order valence-corrected chi connectivity index (χ3v) is 8.47. The van der Waals surface area contributed by atoms with Gasteiger partial charge in [0.05, 0.1) is 0 Å². The van der Waals surface area contributed by atoms with E-state index in [1.807, 2.05) is 0 Å². The van der Waals surface area contributed by atoms with Crippen LogP contribution in [0.2, 0.25) is 0 Å². The van der Waals surface area contributed by atoms with Gasteiger partial charge < -0.3 is 9.88 Å². The molecule has 0 bridgehead atoms. The first-order chi connectivity index (χ1) is 16.4. The predicted molar refractivity (Wildman–Crippen MR) is 141 cm³/mol. The van der Waals surface area contributed by atoms with Gasteiger partial charge in [0.1, 0.15) is 0 Å². The van der Waals surface area contributed by atoms with Crippen molar-refractivity contribution in [1.29, 1.82) is 0 Å². The predicted octanol–water partition coefficient (Wildman–Crippen LogP) is 7.88. The SMILES string of the molecule is c1ccc2c(c1)CCC2CCN(CCCc1c[nH]c2ccccc12)CCC1CCCCCC1. The molecule has 2 aromatic carbocycles. The Morgan fingerprint density at radius 3 is 2.48 bits per heavy atom. The first-order valence-corrected chi connectivity index (χ1v) is 13.7. The van der Waals surface area contributed by atoms with Crippen LogP contribution in [0.1, 0.15) is 86.8 Å². The Morgan fingerprint density at radius 2 is 1.58 bits per heavy atom. The van der Waals surface area contributed by atoms with E-state index in [2.05, 4.69) is 64.6 Å². The molecule has 3 aromatic rings. The average molecular weight is 443 g/mol. The van der Waals surface area contributed by atoms with Gasteiger partial charge in [-0.1, -0.05) is 81.0 Å². The lowest BCUT2D eigenvalue weighted by Gasteiger charge is -2.26. The summed E-state index contributed by atoms with van der Waals surface area (Å²) in [4.78, 5) is 6.28. The maximum atomic E-state index is 3.46. The Kier molecular flexibility index (Phi) is 7.83. The third-order valence-electron chi connectivity index (χ3n) is 8.47. The van der Waals surface area contributed by atoms with Gasteiger partial charge in [-0.25, -0.2) is 0 Å². The molecule has 2 nitrogen and oxygen atoms in total. The lowest BCUT2D eigenvalue weighted by molar-refractivity contribution is 0.233. The number of rotatable bonds is 10. The number of aromatic amines is 1. The van der Waals surface area contributed by atoms with Crippen LogP contribution < -0.4 is 0 Å². The molecule has 1 N–H and O–H groups in total. The van der Waals surface area contributed by atoms with Gasteiger partial charge in [0.2, 0.25) is 0 Å². The van der Waals surface area contributed by atoms with Gasteiger partial charge in [-0.3, -0.25) is 0 Å². The first-order valence-electron chi connectivity index (χ1n) is 13.7. The molecule has 1 saturated carbocycles. The number of aromatic nitrogens is 1. The molecular formula is C31H42N2. The molecule has 2 aliphatic rings. The second-order valence-electron chi connectivity index (χ2n) is 10.7. The third kappa shape index (κ3) is 5.90. The molecule has 0 aliphatic heterocycles. The summed E-state index contributed by atoms with van der Waals surface area (Å²) < 4.78 is 0. The molecule has 1 aromatic heterocycles. The maximum absolute atomic E-state index is 3.46. The summed E-state index contributed by atoms with van der Waals surface area (Å²) in [5.41, 5.74) is 6.00. The maximum Gasteiger partial charge on any atom is 0.0456 e. The molecule has 5 rings (SSSR count). The van der Waals surface area contributed by atoms with Crippen LogP contribution in [-0.4, -0.2) is 29.5 Å². The van der Waals surface area contributed by atoms with Crippen LogP contribution in [0.3, 0.4) is 0 Å². The minimum Gasteiger partial charge on any atom is -0.361 e. The lowest BCUT2D eigenvalue weighted by Crippen LogP contribution is -2.29. The van der Waals surface area contributed by atoms with E-state index in [0.29, 0.717) is 0 Å². The normalized spacial score (nSPS) is 19.2. The van der Waals surface area contributed by atoms with Gasteiger partial charge in [0.25, 0.3) is 0 Å². The van der Waals surface area contributed by atoms with Crippen molar-refractivity contribution in [3.05, 3.63) is 71.4 Å². The van der Waals surface area contributed by atoms with E-state index < -0.39 is 0 Å². The topological polar surface area (TPSA) is 19.0 Å². The van der Waals surface area contributed by atoms with Gasteiger partial charge in [0.15, 0.2) is 0 Å². The highest BCUT2D eigenvalue weighted by Crippen LogP contribution is 2.35. The highest BCUT2D eigenvalue weighted by atomic mass is 15.1. The molecule has 33 heavy (non-hydrogen) atoms. The van der Waals surface area contributed by atoms with E-state index in [0.717, 1.165) is 11.8 Å². The number of H-pyrrole nitrogens is 1. The minimum atomic E-state index is 0.773. The molecule has 0 spiro atoms. The Morgan fingerprint density at radius 1 is 0.788 bits per heavy atom. The lowest BCUT2D eigenvalue weighted by atomic mass is 9.95. The first kappa shape index (κ1) is 22.7. The molecule has 2 aliphatic carbocycles. The molecule has 1 atom stereocenters. The summed E-state index contributed by atoms with van der Waals surface area (Å²) >= 11 is 0. The Hall–Kier alpha value is -2.06. The minimum absolute atomic E-state index is 0.773. The zero-order valence-corrected chi connectivity index (χ0v) is 20.4.